The lowest BCUT2D eigenvalue weighted by Crippen LogP contribution is -2.02. The van der Waals surface area contributed by atoms with Crippen molar-refractivity contribution in [2.75, 3.05) is 0 Å². The Bertz CT molecular complexity index is 708. The number of ether oxygens (including phenoxy) is 1. The molecule has 3 aromatic rings. The molecule has 0 spiro atoms. The first-order valence-corrected chi connectivity index (χ1v) is 7.39. The lowest BCUT2D eigenvalue weighted by molar-refractivity contribution is 0.190. The van der Waals surface area contributed by atoms with Gasteiger partial charge in [0.2, 0.25) is 0 Å². The van der Waals surface area contributed by atoms with E-state index in [0.29, 0.717) is 6.61 Å². The van der Waals surface area contributed by atoms with Crippen LogP contribution in [-0.4, -0.2) is 10.1 Å². The third kappa shape index (κ3) is 2.53. The number of aliphatic hydroxyl groups is 1. The van der Waals surface area contributed by atoms with Crippen LogP contribution in [-0.2, 0) is 6.61 Å². The van der Waals surface area contributed by atoms with Crippen molar-refractivity contribution in [3.63, 3.8) is 0 Å². The third-order valence-corrected chi connectivity index (χ3v) is 3.84. The van der Waals surface area contributed by atoms with Crippen LogP contribution in [0.15, 0.2) is 47.3 Å². The second-order valence-corrected chi connectivity index (χ2v) is 5.37. The van der Waals surface area contributed by atoms with Gasteiger partial charge in [0.25, 0.3) is 0 Å². The zero-order valence-corrected chi connectivity index (χ0v) is 11.9. The van der Waals surface area contributed by atoms with Crippen molar-refractivity contribution in [1.82, 2.24) is 4.98 Å². The molecular formula is C16H15NO2S. The molecule has 102 valence electrons. The normalized spacial score (nSPS) is 12.5. The Labute approximate surface area is 121 Å². The van der Waals surface area contributed by atoms with E-state index in [1.54, 1.807) is 23.8 Å². The standard InChI is InChI=1S/C16H15NO2S/c1-11(18)14-7-6-12-4-2-3-5-15(12)16(14)19-8-13-9-20-10-17-13/h2-7,9-11,18H,8H2,1H3. The number of rotatable bonds is 4. The Hall–Kier alpha value is -1.91. The summed E-state index contributed by atoms with van der Waals surface area (Å²) in [7, 11) is 0. The lowest BCUT2D eigenvalue weighted by Gasteiger charge is -2.15. The largest absolute Gasteiger partial charge is 0.486 e. The smallest absolute Gasteiger partial charge is 0.133 e. The Morgan fingerprint density at radius 2 is 2.10 bits per heavy atom. The molecule has 4 heteroatoms. The van der Waals surface area contributed by atoms with E-state index in [1.165, 1.54) is 0 Å². The second-order valence-electron chi connectivity index (χ2n) is 4.65. The quantitative estimate of drug-likeness (QED) is 0.789. The highest BCUT2D eigenvalue weighted by molar-refractivity contribution is 7.07. The first kappa shape index (κ1) is 13.1. The van der Waals surface area contributed by atoms with Gasteiger partial charge in [-0.15, -0.1) is 11.3 Å². The molecule has 1 unspecified atom stereocenters. The van der Waals surface area contributed by atoms with Gasteiger partial charge in [-0.3, -0.25) is 0 Å². The van der Waals surface area contributed by atoms with E-state index in [1.807, 2.05) is 41.8 Å². The van der Waals surface area contributed by atoms with Gasteiger partial charge in [0.15, 0.2) is 0 Å². The van der Waals surface area contributed by atoms with Crippen molar-refractivity contribution >= 4 is 22.1 Å². The number of aliphatic hydroxyl groups excluding tert-OH is 1. The first-order valence-electron chi connectivity index (χ1n) is 6.45. The maximum Gasteiger partial charge on any atom is 0.133 e. The summed E-state index contributed by atoms with van der Waals surface area (Å²) in [6.45, 7) is 2.16. The number of fused-ring (bicyclic) bond motifs is 1. The van der Waals surface area contributed by atoms with Gasteiger partial charge in [-0.1, -0.05) is 36.4 Å². The average Bonchev–Trinajstić information content (AvgIpc) is 2.97. The van der Waals surface area contributed by atoms with Gasteiger partial charge in [-0.25, -0.2) is 4.98 Å². The van der Waals surface area contributed by atoms with Gasteiger partial charge in [0.1, 0.15) is 12.4 Å². The van der Waals surface area contributed by atoms with Gasteiger partial charge in [-0.05, 0) is 12.3 Å². The summed E-state index contributed by atoms with van der Waals surface area (Å²) in [4.78, 5) is 4.22. The second kappa shape index (κ2) is 5.61. The molecule has 0 aliphatic heterocycles. The summed E-state index contributed by atoms with van der Waals surface area (Å²) >= 11 is 1.55. The van der Waals surface area contributed by atoms with Crippen molar-refractivity contribution in [3.8, 4) is 5.75 Å². The van der Waals surface area contributed by atoms with Gasteiger partial charge in [0, 0.05) is 16.3 Å². The maximum absolute atomic E-state index is 9.93. The van der Waals surface area contributed by atoms with Crippen LogP contribution in [0.4, 0.5) is 0 Å². The number of benzene rings is 2. The Morgan fingerprint density at radius 3 is 2.85 bits per heavy atom. The number of thiazole rings is 1. The summed E-state index contributed by atoms with van der Waals surface area (Å²) in [5.41, 5.74) is 3.50. The fourth-order valence-corrected chi connectivity index (χ4v) is 2.75. The molecular weight excluding hydrogens is 270 g/mol. The molecule has 1 N–H and O–H groups in total. The van der Waals surface area contributed by atoms with Gasteiger partial charge >= 0.3 is 0 Å². The molecule has 0 saturated carbocycles. The monoisotopic (exact) mass is 285 g/mol. The van der Waals surface area contributed by atoms with E-state index >= 15 is 0 Å². The zero-order valence-electron chi connectivity index (χ0n) is 11.1. The fourth-order valence-electron chi connectivity index (χ4n) is 2.20. The molecule has 3 rings (SSSR count). The van der Waals surface area contributed by atoms with Crippen LogP contribution < -0.4 is 4.74 Å². The van der Waals surface area contributed by atoms with Crippen LogP contribution >= 0.6 is 11.3 Å². The van der Waals surface area contributed by atoms with E-state index in [2.05, 4.69) is 4.98 Å². The molecule has 0 fully saturated rings. The molecule has 0 bridgehead atoms. The van der Waals surface area contributed by atoms with Crippen molar-refractivity contribution < 1.29 is 9.84 Å². The zero-order chi connectivity index (χ0) is 13.9. The maximum atomic E-state index is 9.93. The molecule has 1 atom stereocenters. The first-order chi connectivity index (χ1) is 9.75. The highest BCUT2D eigenvalue weighted by atomic mass is 32.1. The molecule has 1 aromatic heterocycles. The molecule has 0 amide bonds. The van der Waals surface area contributed by atoms with Crippen LogP contribution in [0.5, 0.6) is 5.75 Å². The van der Waals surface area contributed by atoms with Crippen LogP contribution in [0, 0.1) is 0 Å². The Balaban J connectivity index is 2.03. The highest BCUT2D eigenvalue weighted by Crippen LogP contribution is 2.34. The van der Waals surface area contributed by atoms with Crippen molar-refractivity contribution in [2.24, 2.45) is 0 Å². The van der Waals surface area contributed by atoms with Crippen LogP contribution in [0.2, 0.25) is 0 Å². The molecule has 0 aliphatic rings. The number of nitrogens with zero attached hydrogens (tertiary/aromatic N) is 1. The molecule has 0 aliphatic carbocycles. The topological polar surface area (TPSA) is 42.4 Å². The van der Waals surface area contributed by atoms with Gasteiger partial charge in [-0.2, -0.15) is 0 Å². The summed E-state index contributed by atoms with van der Waals surface area (Å²) in [5, 5.41) is 14.0. The van der Waals surface area contributed by atoms with Crippen molar-refractivity contribution in [3.05, 3.63) is 58.5 Å². The van der Waals surface area contributed by atoms with E-state index in [-0.39, 0.29) is 0 Å². The Kier molecular flexibility index (Phi) is 3.67. The average molecular weight is 285 g/mol. The molecule has 1 heterocycles. The number of hydrogen-bond acceptors (Lipinski definition) is 4. The van der Waals surface area contributed by atoms with Crippen molar-refractivity contribution in [1.29, 1.82) is 0 Å². The predicted molar refractivity (Wildman–Crippen MR) is 81.0 cm³/mol. The SMILES string of the molecule is CC(O)c1ccc2ccccc2c1OCc1cscn1. The molecule has 0 saturated heterocycles. The minimum absolute atomic E-state index is 0.414. The van der Waals surface area contributed by atoms with Gasteiger partial charge in [0.05, 0.1) is 17.3 Å². The summed E-state index contributed by atoms with van der Waals surface area (Å²) in [5.74, 6) is 0.742. The molecule has 20 heavy (non-hydrogen) atoms. The summed E-state index contributed by atoms with van der Waals surface area (Å²) in [6, 6.07) is 11.9. The van der Waals surface area contributed by atoms with Crippen molar-refractivity contribution in [2.45, 2.75) is 19.6 Å². The van der Waals surface area contributed by atoms with Gasteiger partial charge < -0.3 is 9.84 Å². The Morgan fingerprint density at radius 1 is 1.25 bits per heavy atom. The van der Waals surface area contributed by atoms with E-state index in [0.717, 1.165) is 27.8 Å². The summed E-state index contributed by atoms with van der Waals surface area (Å²) < 4.78 is 5.94. The molecule has 3 nitrogen and oxygen atoms in total. The minimum atomic E-state index is -0.565. The van der Waals surface area contributed by atoms with E-state index < -0.39 is 6.10 Å². The predicted octanol–water partition coefficient (Wildman–Crippen LogP) is 3.93. The highest BCUT2D eigenvalue weighted by Gasteiger charge is 2.13. The molecule has 2 aromatic carbocycles. The van der Waals surface area contributed by atoms with Crippen LogP contribution in [0.3, 0.4) is 0 Å². The lowest BCUT2D eigenvalue weighted by atomic mass is 10.0. The minimum Gasteiger partial charge on any atom is -0.486 e. The summed E-state index contributed by atoms with van der Waals surface area (Å²) in [6.07, 6.45) is -0.565. The number of hydrogen-bond donors (Lipinski definition) is 1. The van der Waals surface area contributed by atoms with E-state index in [9.17, 15) is 5.11 Å². The van der Waals surface area contributed by atoms with E-state index in [4.69, 9.17) is 4.74 Å². The fraction of sp³-hybridized carbons (Fsp3) is 0.188. The van der Waals surface area contributed by atoms with Crippen LogP contribution in [0.25, 0.3) is 10.8 Å². The number of aromatic nitrogens is 1. The molecule has 0 radical (unpaired) electrons. The van der Waals surface area contributed by atoms with Crippen LogP contribution in [0.1, 0.15) is 24.3 Å². The third-order valence-electron chi connectivity index (χ3n) is 3.21.